The van der Waals surface area contributed by atoms with Crippen LogP contribution in [0, 0.1) is 19.7 Å². The van der Waals surface area contributed by atoms with Crippen molar-refractivity contribution in [3.8, 4) is 11.4 Å². The molecule has 2 aromatic heterocycles. The Hall–Kier alpha value is -4.57. The van der Waals surface area contributed by atoms with Crippen LogP contribution in [-0.2, 0) is 4.79 Å². The normalized spacial score (nSPS) is 12.1. The van der Waals surface area contributed by atoms with Gasteiger partial charge >= 0.3 is 0 Å². The third kappa shape index (κ3) is 6.44. The van der Waals surface area contributed by atoms with Crippen molar-refractivity contribution in [1.29, 1.82) is 0 Å². The Morgan fingerprint density at radius 1 is 1.12 bits per heavy atom. The summed E-state index contributed by atoms with van der Waals surface area (Å²) < 4.78 is 23.7. The van der Waals surface area contributed by atoms with Gasteiger partial charge in [0.05, 0.1) is 22.8 Å². The number of para-hydroxylation sites is 1. The van der Waals surface area contributed by atoms with Crippen LogP contribution >= 0.6 is 15.9 Å². The van der Waals surface area contributed by atoms with E-state index in [1.54, 1.807) is 36.5 Å². The van der Waals surface area contributed by atoms with Gasteiger partial charge in [-0.25, -0.2) is 9.37 Å². The zero-order valence-corrected chi connectivity index (χ0v) is 25.9. The summed E-state index contributed by atoms with van der Waals surface area (Å²) in [5.74, 6) is 0.193. The number of amides is 1. The molecule has 0 aliphatic rings. The second kappa shape index (κ2) is 12.7. The Labute approximate surface area is 257 Å². The van der Waals surface area contributed by atoms with E-state index in [0.29, 0.717) is 22.5 Å². The minimum Gasteiger partial charge on any atom is -0.484 e. The molecular weight excluding hydrogens is 613 g/mol. The first-order chi connectivity index (χ1) is 20.7. The molecule has 1 amide bonds. The highest BCUT2D eigenvalue weighted by Crippen LogP contribution is 2.24. The van der Waals surface area contributed by atoms with E-state index in [-0.39, 0.29) is 23.8 Å². The average molecular weight is 645 g/mol. The Morgan fingerprint density at radius 3 is 2.58 bits per heavy atom. The number of rotatable bonds is 9. The summed E-state index contributed by atoms with van der Waals surface area (Å²) in [4.78, 5) is 30.5. The average Bonchev–Trinajstić information content (AvgIpc) is 3.29. The molecule has 0 aliphatic heterocycles. The van der Waals surface area contributed by atoms with Crippen LogP contribution in [0.4, 0.5) is 10.1 Å². The van der Waals surface area contributed by atoms with Crippen molar-refractivity contribution in [2.24, 2.45) is 5.10 Å². The standard InChI is InChI=1S/C33H31BrFN5O3/c1-5-20(2)32-38-29-15-10-24(34)17-27(29)33(42)40(32)36-18-23-16-21(3)39(22(23)4)25-11-13-26(14-12-25)43-19-31(41)37-30-9-7-6-8-28(30)35/h6-18,20H,5,19H2,1-4H3,(H,37,41)/t20-/m0/s1. The molecule has 5 rings (SSSR count). The number of ether oxygens (including phenoxy) is 1. The molecule has 0 saturated carbocycles. The van der Waals surface area contributed by atoms with E-state index >= 15 is 0 Å². The maximum Gasteiger partial charge on any atom is 0.282 e. The second-order valence-electron chi connectivity index (χ2n) is 10.3. The predicted molar refractivity (Wildman–Crippen MR) is 171 cm³/mol. The number of aromatic nitrogens is 3. The van der Waals surface area contributed by atoms with Gasteiger partial charge in [-0.05, 0) is 80.9 Å². The maximum atomic E-state index is 13.8. The molecule has 1 atom stereocenters. The van der Waals surface area contributed by atoms with Crippen molar-refractivity contribution < 1.29 is 13.9 Å². The Bertz CT molecular complexity index is 1900. The molecule has 8 nitrogen and oxygen atoms in total. The number of hydrogen-bond donors (Lipinski definition) is 1. The smallest absolute Gasteiger partial charge is 0.282 e. The second-order valence-corrected chi connectivity index (χ2v) is 11.2. The molecule has 0 spiro atoms. The van der Waals surface area contributed by atoms with Crippen LogP contribution in [0.2, 0.25) is 0 Å². The summed E-state index contributed by atoms with van der Waals surface area (Å²) in [6.07, 6.45) is 2.51. The van der Waals surface area contributed by atoms with E-state index in [4.69, 9.17) is 9.72 Å². The largest absolute Gasteiger partial charge is 0.484 e. The minimum atomic E-state index is -0.507. The number of fused-ring (bicyclic) bond motifs is 1. The van der Waals surface area contributed by atoms with Gasteiger partial charge in [0, 0.05) is 33.0 Å². The van der Waals surface area contributed by atoms with Crippen LogP contribution in [0.3, 0.4) is 0 Å². The fourth-order valence-corrected chi connectivity index (χ4v) is 5.16. The van der Waals surface area contributed by atoms with Gasteiger partial charge in [0.15, 0.2) is 6.61 Å². The number of aryl methyl sites for hydroxylation is 1. The molecule has 5 aromatic rings. The van der Waals surface area contributed by atoms with E-state index in [0.717, 1.165) is 33.5 Å². The highest BCUT2D eigenvalue weighted by Gasteiger charge is 2.16. The molecule has 220 valence electrons. The Morgan fingerprint density at radius 2 is 1.86 bits per heavy atom. The first-order valence-electron chi connectivity index (χ1n) is 13.9. The molecule has 0 aliphatic carbocycles. The lowest BCUT2D eigenvalue weighted by atomic mass is 10.1. The molecule has 10 heteroatoms. The molecule has 2 heterocycles. The van der Waals surface area contributed by atoms with Gasteiger partial charge in [0.2, 0.25) is 0 Å². The van der Waals surface area contributed by atoms with E-state index in [2.05, 4.69) is 37.8 Å². The van der Waals surface area contributed by atoms with Crippen molar-refractivity contribution in [2.45, 2.75) is 40.0 Å². The molecule has 0 bridgehead atoms. The fourth-order valence-electron chi connectivity index (χ4n) is 4.80. The lowest BCUT2D eigenvalue weighted by Gasteiger charge is -2.14. The number of nitrogens with zero attached hydrogens (tertiary/aromatic N) is 4. The molecule has 0 saturated heterocycles. The highest BCUT2D eigenvalue weighted by atomic mass is 79.9. The number of halogens is 2. The summed E-state index contributed by atoms with van der Waals surface area (Å²) in [6, 6.07) is 20.8. The fraction of sp³-hybridized carbons (Fsp3) is 0.212. The lowest BCUT2D eigenvalue weighted by molar-refractivity contribution is -0.118. The van der Waals surface area contributed by atoms with Crippen molar-refractivity contribution in [3.63, 3.8) is 0 Å². The molecule has 1 N–H and O–H groups in total. The van der Waals surface area contributed by atoms with Gasteiger partial charge in [0.1, 0.15) is 17.4 Å². The van der Waals surface area contributed by atoms with Crippen LogP contribution in [0.1, 0.15) is 49.0 Å². The molecule has 0 radical (unpaired) electrons. The van der Waals surface area contributed by atoms with Gasteiger partial charge in [0.25, 0.3) is 11.5 Å². The number of anilines is 1. The monoisotopic (exact) mass is 643 g/mol. The number of nitrogens with one attached hydrogen (secondary N) is 1. The molecule has 3 aromatic carbocycles. The summed E-state index contributed by atoms with van der Waals surface area (Å²) in [5.41, 5.74) is 4.21. The zero-order valence-electron chi connectivity index (χ0n) is 24.3. The summed E-state index contributed by atoms with van der Waals surface area (Å²) in [6.45, 7) is 7.82. The predicted octanol–water partition coefficient (Wildman–Crippen LogP) is 7.12. The lowest BCUT2D eigenvalue weighted by Crippen LogP contribution is -2.23. The van der Waals surface area contributed by atoms with E-state index in [1.807, 2.05) is 51.1 Å². The van der Waals surface area contributed by atoms with Crippen LogP contribution in [0.25, 0.3) is 16.6 Å². The Kier molecular flexibility index (Phi) is 8.86. The maximum absolute atomic E-state index is 13.8. The van der Waals surface area contributed by atoms with Crippen LogP contribution in [0.15, 0.2) is 87.2 Å². The number of benzene rings is 3. The Balaban J connectivity index is 1.36. The highest BCUT2D eigenvalue weighted by molar-refractivity contribution is 9.10. The summed E-state index contributed by atoms with van der Waals surface area (Å²) in [7, 11) is 0. The third-order valence-corrected chi connectivity index (χ3v) is 7.78. The van der Waals surface area contributed by atoms with Crippen molar-refractivity contribution >= 4 is 44.6 Å². The number of hydrogen-bond acceptors (Lipinski definition) is 5. The zero-order chi connectivity index (χ0) is 30.7. The van der Waals surface area contributed by atoms with Gasteiger partial charge < -0.3 is 14.6 Å². The van der Waals surface area contributed by atoms with Gasteiger partial charge in [-0.3, -0.25) is 9.59 Å². The van der Waals surface area contributed by atoms with Crippen molar-refractivity contribution in [3.05, 3.63) is 116 Å². The van der Waals surface area contributed by atoms with Gasteiger partial charge in [-0.2, -0.15) is 9.78 Å². The number of carbonyl (C=O) groups is 1. The van der Waals surface area contributed by atoms with Crippen molar-refractivity contribution in [2.75, 3.05) is 11.9 Å². The molecule has 43 heavy (non-hydrogen) atoms. The molecule has 0 unspecified atom stereocenters. The molecule has 0 fully saturated rings. The van der Waals surface area contributed by atoms with Crippen LogP contribution in [-0.4, -0.2) is 33.0 Å². The third-order valence-electron chi connectivity index (χ3n) is 7.28. The first kappa shape index (κ1) is 29.9. The van der Waals surface area contributed by atoms with E-state index in [1.165, 1.54) is 16.8 Å². The first-order valence-corrected chi connectivity index (χ1v) is 14.7. The topological polar surface area (TPSA) is 90.5 Å². The minimum absolute atomic E-state index is 0.0386. The summed E-state index contributed by atoms with van der Waals surface area (Å²) in [5, 5.41) is 7.63. The SMILES string of the molecule is CC[C@H](C)c1nc2ccc(Br)cc2c(=O)n1N=Cc1cc(C)n(-c2ccc(OCC(=O)Nc3ccccc3F)cc2)c1C. The van der Waals surface area contributed by atoms with Crippen molar-refractivity contribution in [1.82, 2.24) is 14.2 Å². The van der Waals surface area contributed by atoms with Gasteiger partial charge in [-0.15, -0.1) is 0 Å². The van der Waals surface area contributed by atoms with E-state index < -0.39 is 11.7 Å². The van der Waals surface area contributed by atoms with Crippen LogP contribution < -0.4 is 15.6 Å². The molecular formula is C33H31BrFN5O3. The van der Waals surface area contributed by atoms with Crippen LogP contribution in [0.5, 0.6) is 5.75 Å². The number of carbonyl (C=O) groups excluding carboxylic acids is 1. The van der Waals surface area contributed by atoms with Gasteiger partial charge in [-0.1, -0.05) is 41.9 Å². The summed E-state index contributed by atoms with van der Waals surface area (Å²) >= 11 is 3.45. The quantitative estimate of drug-likeness (QED) is 0.173. The van der Waals surface area contributed by atoms with E-state index in [9.17, 15) is 14.0 Å².